The minimum absolute atomic E-state index is 0.193. The number of carbonyl (C=O) groups is 1. The van der Waals surface area contributed by atoms with Crippen LogP contribution in [-0.2, 0) is 4.79 Å². The zero-order valence-corrected chi connectivity index (χ0v) is 12.5. The monoisotopic (exact) mass is 296 g/mol. The molecule has 19 heavy (non-hydrogen) atoms. The number of rotatable bonds is 2. The van der Waals surface area contributed by atoms with Crippen LogP contribution in [0.4, 0.5) is 0 Å². The number of benzene rings is 1. The van der Waals surface area contributed by atoms with Crippen LogP contribution in [0.15, 0.2) is 22.8 Å². The van der Waals surface area contributed by atoms with E-state index in [1.807, 2.05) is 32.9 Å². The molecule has 0 aromatic heterocycles. The molecule has 100 valence electrons. The van der Waals surface area contributed by atoms with Crippen LogP contribution in [0.2, 0.25) is 5.02 Å². The Balaban J connectivity index is 2.52. The summed E-state index contributed by atoms with van der Waals surface area (Å²) in [5, 5.41) is 6.30. The van der Waals surface area contributed by atoms with Gasteiger partial charge in [0.15, 0.2) is 0 Å². The van der Waals surface area contributed by atoms with Crippen LogP contribution in [0.5, 0.6) is 0 Å². The van der Waals surface area contributed by atoms with Gasteiger partial charge in [-0.2, -0.15) is 5.10 Å². The first-order valence-electron chi connectivity index (χ1n) is 5.99. The average Bonchev–Trinajstić information content (AvgIpc) is 2.76. The van der Waals surface area contributed by atoms with Gasteiger partial charge in [-0.1, -0.05) is 35.3 Å². The van der Waals surface area contributed by atoms with Crippen molar-refractivity contribution in [3.8, 4) is 0 Å². The van der Waals surface area contributed by atoms with Gasteiger partial charge in [-0.15, -0.1) is 0 Å². The number of carbonyl (C=O) groups excluding carboxylic acids is 1. The van der Waals surface area contributed by atoms with E-state index < -0.39 is 0 Å². The quantitative estimate of drug-likeness (QED) is 0.765. The number of hydrogen-bond acceptors (Lipinski definition) is 2. The van der Waals surface area contributed by atoms with Crippen molar-refractivity contribution in [1.29, 1.82) is 0 Å². The third-order valence-electron chi connectivity index (χ3n) is 3.22. The maximum Gasteiger partial charge on any atom is 0.277 e. The molecule has 0 unspecified atom stereocenters. The van der Waals surface area contributed by atoms with Crippen molar-refractivity contribution in [2.45, 2.75) is 20.8 Å². The summed E-state index contributed by atoms with van der Waals surface area (Å²) in [7, 11) is 0. The Bertz CT molecular complexity index is 606. The molecule has 0 saturated heterocycles. The van der Waals surface area contributed by atoms with Crippen LogP contribution in [0, 0.1) is 13.8 Å². The lowest BCUT2D eigenvalue weighted by molar-refractivity contribution is -0.125. The Kier molecular flexibility index (Phi) is 3.97. The number of amides is 1. The van der Waals surface area contributed by atoms with Gasteiger partial charge in [-0.3, -0.25) is 4.79 Å². The largest absolute Gasteiger partial charge is 0.277 e. The second-order valence-electron chi connectivity index (χ2n) is 4.36. The van der Waals surface area contributed by atoms with Crippen molar-refractivity contribution < 1.29 is 4.79 Å². The van der Waals surface area contributed by atoms with Crippen LogP contribution in [0.25, 0.3) is 5.03 Å². The smallest absolute Gasteiger partial charge is 0.267 e. The summed E-state index contributed by atoms with van der Waals surface area (Å²) in [6, 6.07) is 3.77. The summed E-state index contributed by atoms with van der Waals surface area (Å²) >= 11 is 12.6. The minimum atomic E-state index is -0.193. The molecule has 1 aliphatic rings. The summed E-state index contributed by atoms with van der Waals surface area (Å²) in [6.07, 6.45) is 1.49. The molecule has 0 atom stereocenters. The van der Waals surface area contributed by atoms with Crippen LogP contribution in [-0.4, -0.2) is 23.7 Å². The van der Waals surface area contributed by atoms with Crippen LogP contribution < -0.4 is 0 Å². The number of likely N-dealkylation sites (N-methyl/N-ethyl adjacent to an activating group) is 1. The molecular formula is C14H14Cl2N2O. The van der Waals surface area contributed by atoms with E-state index in [0.717, 1.165) is 11.1 Å². The van der Waals surface area contributed by atoms with E-state index in [4.69, 9.17) is 23.2 Å². The minimum Gasteiger partial charge on any atom is -0.267 e. The molecule has 1 amide bonds. The van der Waals surface area contributed by atoms with Crippen LogP contribution in [0.3, 0.4) is 0 Å². The van der Waals surface area contributed by atoms with Gasteiger partial charge in [-0.25, -0.2) is 5.01 Å². The summed E-state index contributed by atoms with van der Waals surface area (Å²) in [6.45, 7) is 6.28. The molecule has 0 radical (unpaired) electrons. The highest BCUT2D eigenvalue weighted by molar-refractivity contribution is 6.55. The number of hydrogen-bond donors (Lipinski definition) is 0. The highest BCUT2D eigenvalue weighted by atomic mass is 35.5. The average molecular weight is 297 g/mol. The van der Waals surface area contributed by atoms with Gasteiger partial charge in [0, 0.05) is 12.1 Å². The lowest BCUT2D eigenvalue weighted by Gasteiger charge is -2.11. The van der Waals surface area contributed by atoms with Gasteiger partial charge >= 0.3 is 0 Å². The zero-order chi connectivity index (χ0) is 14.2. The van der Waals surface area contributed by atoms with Crippen molar-refractivity contribution in [1.82, 2.24) is 5.01 Å². The van der Waals surface area contributed by atoms with E-state index in [2.05, 4.69) is 5.10 Å². The van der Waals surface area contributed by atoms with Crippen molar-refractivity contribution in [2.75, 3.05) is 6.54 Å². The van der Waals surface area contributed by atoms with E-state index in [0.29, 0.717) is 27.7 Å². The molecule has 5 heteroatoms. The fourth-order valence-corrected chi connectivity index (χ4v) is 2.49. The van der Waals surface area contributed by atoms with E-state index in [-0.39, 0.29) is 5.91 Å². The van der Waals surface area contributed by atoms with Crippen molar-refractivity contribution in [3.05, 3.63) is 39.4 Å². The normalized spacial score (nSPS) is 17.3. The third-order valence-corrected chi connectivity index (χ3v) is 4.12. The molecule has 1 heterocycles. The van der Waals surface area contributed by atoms with Gasteiger partial charge in [0.05, 0.1) is 21.8 Å². The number of aryl methyl sites for hydroxylation is 1. The topological polar surface area (TPSA) is 32.7 Å². The molecule has 1 aromatic carbocycles. The van der Waals surface area contributed by atoms with Crippen molar-refractivity contribution >= 4 is 40.4 Å². The van der Waals surface area contributed by atoms with Gasteiger partial charge in [-0.05, 0) is 31.9 Å². The van der Waals surface area contributed by atoms with Crippen molar-refractivity contribution in [2.24, 2.45) is 5.10 Å². The Hall–Kier alpha value is -1.32. The molecule has 0 aliphatic carbocycles. The molecule has 0 fully saturated rings. The first kappa shape index (κ1) is 14.1. The van der Waals surface area contributed by atoms with Crippen LogP contribution >= 0.6 is 23.2 Å². The summed E-state index contributed by atoms with van der Waals surface area (Å²) in [5.41, 5.74) is 3.10. The molecule has 1 aromatic rings. The van der Waals surface area contributed by atoms with E-state index >= 15 is 0 Å². The molecule has 0 N–H and O–H groups in total. The molecular weight excluding hydrogens is 283 g/mol. The third kappa shape index (κ3) is 2.40. The molecule has 0 spiro atoms. The Morgan fingerprint density at radius 1 is 1.37 bits per heavy atom. The zero-order valence-electron chi connectivity index (χ0n) is 11.0. The van der Waals surface area contributed by atoms with Gasteiger partial charge in [0.2, 0.25) is 0 Å². The standard InChI is InChI=1S/C14H14Cl2N2O/c1-4-18-14(19)11(7-17-18)13(16)10-6-5-8(2)9(3)12(10)15/h5-7H,4H2,1-3H3/b13-11-. The molecule has 2 rings (SSSR count). The Morgan fingerprint density at radius 2 is 2.05 bits per heavy atom. The second-order valence-corrected chi connectivity index (χ2v) is 5.12. The summed E-state index contributed by atoms with van der Waals surface area (Å²) < 4.78 is 0. The fourth-order valence-electron chi connectivity index (χ4n) is 1.85. The van der Waals surface area contributed by atoms with E-state index in [1.165, 1.54) is 11.2 Å². The molecule has 0 bridgehead atoms. The SMILES string of the molecule is CCN1N=C/C(=C(/Cl)c2ccc(C)c(C)c2Cl)C1=O. The highest BCUT2D eigenvalue weighted by Crippen LogP contribution is 2.34. The van der Waals surface area contributed by atoms with Gasteiger partial charge < -0.3 is 0 Å². The fraction of sp³-hybridized carbons (Fsp3) is 0.286. The predicted molar refractivity (Wildman–Crippen MR) is 79.6 cm³/mol. The summed E-state index contributed by atoms with van der Waals surface area (Å²) in [4.78, 5) is 12.0. The summed E-state index contributed by atoms with van der Waals surface area (Å²) in [5.74, 6) is -0.193. The lowest BCUT2D eigenvalue weighted by Crippen LogP contribution is -2.21. The van der Waals surface area contributed by atoms with Crippen LogP contribution in [0.1, 0.15) is 23.6 Å². The maximum atomic E-state index is 12.0. The maximum absolute atomic E-state index is 12.0. The predicted octanol–water partition coefficient (Wildman–Crippen LogP) is 3.75. The second kappa shape index (κ2) is 5.35. The van der Waals surface area contributed by atoms with Crippen molar-refractivity contribution in [3.63, 3.8) is 0 Å². The van der Waals surface area contributed by atoms with E-state index in [1.54, 1.807) is 0 Å². The number of hydrazone groups is 1. The van der Waals surface area contributed by atoms with E-state index in [9.17, 15) is 4.79 Å². The Morgan fingerprint density at radius 3 is 2.63 bits per heavy atom. The number of nitrogens with zero attached hydrogens (tertiary/aromatic N) is 2. The first-order chi connectivity index (χ1) is 8.97. The highest BCUT2D eigenvalue weighted by Gasteiger charge is 2.25. The molecule has 1 aliphatic heterocycles. The molecule has 0 saturated carbocycles. The Labute approximate surface area is 122 Å². The van der Waals surface area contributed by atoms with Gasteiger partial charge in [0.25, 0.3) is 5.91 Å². The number of halogens is 2. The lowest BCUT2D eigenvalue weighted by atomic mass is 10.0. The molecule has 3 nitrogen and oxygen atoms in total. The van der Waals surface area contributed by atoms with Gasteiger partial charge in [0.1, 0.15) is 0 Å². The first-order valence-corrected chi connectivity index (χ1v) is 6.74.